The number of nitrogens with one attached hydrogen (secondary N) is 1. The van der Waals surface area contributed by atoms with Crippen LogP contribution in [-0.2, 0) is 10.0 Å². The van der Waals surface area contributed by atoms with Crippen LogP contribution >= 0.6 is 0 Å². The topological polar surface area (TPSA) is 105 Å². The second-order valence-corrected chi connectivity index (χ2v) is 7.75. The van der Waals surface area contributed by atoms with Crippen LogP contribution in [0.3, 0.4) is 0 Å². The lowest BCUT2D eigenvalue weighted by atomic mass is 10.1. The van der Waals surface area contributed by atoms with Gasteiger partial charge in [-0.05, 0) is 36.4 Å². The third-order valence-electron chi connectivity index (χ3n) is 3.60. The summed E-state index contributed by atoms with van der Waals surface area (Å²) in [6, 6.07) is 12.8. The first-order valence-corrected chi connectivity index (χ1v) is 9.02. The van der Waals surface area contributed by atoms with Crippen LogP contribution in [0.2, 0.25) is 0 Å². The molecule has 0 saturated carbocycles. The highest BCUT2D eigenvalue weighted by molar-refractivity contribution is 7.89. The molecular formula is C17H16N4O4S. The maximum atomic E-state index is 12.5. The Balaban J connectivity index is 1.84. The van der Waals surface area contributed by atoms with Gasteiger partial charge in [0.15, 0.2) is 0 Å². The van der Waals surface area contributed by atoms with Crippen LogP contribution in [0.5, 0.6) is 0 Å². The average Bonchev–Trinajstić information content (AvgIpc) is 3.16. The van der Waals surface area contributed by atoms with Crippen LogP contribution < -0.4 is 5.32 Å². The number of amides is 1. The molecule has 0 unspecified atom stereocenters. The summed E-state index contributed by atoms with van der Waals surface area (Å²) in [6.45, 7) is 0. The van der Waals surface area contributed by atoms with Gasteiger partial charge in [-0.25, -0.2) is 12.7 Å². The molecule has 1 heterocycles. The highest BCUT2D eigenvalue weighted by Crippen LogP contribution is 2.21. The van der Waals surface area contributed by atoms with Gasteiger partial charge in [-0.1, -0.05) is 12.1 Å². The zero-order chi connectivity index (χ0) is 18.7. The predicted octanol–water partition coefficient (Wildman–Crippen LogP) is 2.24. The molecule has 0 radical (unpaired) electrons. The van der Waals surface area contributed by atoms with Gasteiger partial charge in [-0.2, -0.15) is 0 Å². The number of nitrogens with zero attached hydrogens (tertiary/aromatic N) is 3. The van der Waals surface area contributed by atoms with Gasteiger partial charge in [-0.3, -0.25) is 4.79 Å². The molecule has 26 heavy (non-hydrogen) atoms. The van der Waals surface area contributed by atoms with Crippen molar-refractivity contribution in [1.82, 2.24) is 14.5 Å². The first kappa shape index (κ1) is 17.8. The zero-order valence-corrected chi connectivity index (χ0v) is 14.9. The number of benzene rings is 2. The van der Waals surface area contributed by atoms with Crippen molar-refractivity contribution in [1.29, 1.82) is 0 Å². The fourth-order valence-electron chi connectivity index (χ4n) is 2.24. The molecule has 0 saturated heterocycles. The van der Waals surface area contributed by atoms with Crippen molar-refractivity contribution < 1.29 is 17.6 Å². The predicted molar refractivity (Wildman–Crippen MR) is 95.0 cm³/mol. The quantitative estimate of drug-likeness (QED) is 0.736. The molecule has 3 aromatic rings. The van der Waals surface area contributed by atoms with E-state index in [1.54, 1.807) is 30.3 Å². The molecule has 8 nitrogen and oxygen atoms in total. The standard InChI is InChI=1S/C17H16N4O4S/c1-21(2)26(23,24)15-8-4-5-12(10-15)16(22)19-14-7-3-6-13(9-14)17-20-18-11-25-17/h3-11H,1-2H3,(H,19,22). The number of carbonyl (C=O) groups excluding carboxylic acids is 1. The van der Waals surface area contributed by atoms with E-state index in [-0.39, 0.29) is 10.5 Å². The van der Waals surface area contributed by atoms with E-state index >= 15 is 0 Å². The number of hydrogen-bond donors (Lipinski definition) is 1. The van der Waals surface area contributed by atoms with Crippen molar-refractivity contribution in [3.63, 3.8) is 0 Å². The van der Waals surface area contributed by atoms with E-state index in [1.165, 1.54) is 38.7 Å². The number of anilines is 1. The van der Waals surface area contributed by atoms with Crippen molar-refractivity contribution >= 4 is 21.6 Å². The lowest BCUT2D eigenvalue weighted by Gasteiger charge is -2.12. The molecule has 0 spiro atoms. The van der Waals surface area contributed by atoms with Gasteiger partial charge in [0.1, 0.15) is 0 Å². The molecule has 134 valence electrons. The van der Waals surface area contributed by atoms with Crippen LogP contribution in [0, 0.1) is 0 Å². The highest BCUT2D eigenvalue weighted by Gasteiger charge is 2.19. The van der Waals surface area contributed by atoms with E-state index in [9.17, 15) is 13.2 Å². The highest BCUT2D eigenvalue weighted by atomic mass is 32.2. The maximum Gasteiger partial charge on any atom is 0.255 e. The summed E-state index contributed by atoms with van der Waals surface area (Å²) in [6.07, 6.45) is 1.22. The molecule has 2 aromatic carbocycles. The number of sulfonamides is 1. The molecule has 1 aromatic heterocycles. The van der Waals surface area contributed by atoms with E-state index in [2.05, 4.69) is 15.5 Å². The zero-order valence-electron chi connectivity index (χ0n) is 14.1. The van der Waals surface area contributed by atoms with Crippen LogP contribution in [0.25, 0.3) is 11.5 Å². The fourth-order valence-corrected chi connectivity index (χ4v) is 3.19. The largest absolute Gasteiger partial charge is 0.423 e. The molecule has 0 aliphatic rings. The Morgan fingerprint density at radius 1 is 1.12 bits per heavy atom. The maximum absolute atomic E-state index is 12.5. The average molecular weight is 372 g/mol. The minimum atomic E-state index is -3.62. The van der Waals surface area contributed by atoms with Gasteiger partial charge in [0.05, 0.1) is 4.90 Å². The Kier molecular flexibility index (Phi) is 4.83. The molecule has 0 bridgehead atoms. The summed E-state index contributed by atoms with van der Waals surface area (Å²) in [7, 11) is -0.745. The van der Waals surface area contributed by atoms with Gasteiger partial charge < -0.3 is 9.73 Å². The third kappa shape index (κ3) is 3.63. The number of hydrogen-bond acceptors (Lipinski definition) is 6. The molecule has 1 amide bonds. The van der Waals surface area contributed by atoms with Gasteiger partial charge in [0, 0.05) is 30.9 Å². The smallest absolute Gasteiger partial charge is 0.255 e. The first-order chi connectivity index (χ1) is 12.4. The number of rotatable bonds is 5. The van der Waals surface area contributed by atoms with Crippen LogP contribution in [0.15, 0.2) is 64.2 Å². The van der Waals surface area contributed by atoms with E-state index < -0.39 is 15.9 Å². The molecule has 9 heteroatoms. The van der Waals surface area contributed by atoms with E-state index in [1.807, 2.05) is 0 Å². The Morgan fingerprint density at radius 2 is 1.88 bits per heavy atom. The van der Waals surface area contributed by atoms with E-state index in [0.29, 0.717) is 17.1 Å². The molecular weight excluding hydrogens is 356 g/mol. The molecule has 0 aliphatic heterocycles. The minimum absolute atomic E-state index is 0.0507. The minimum Gasteiger partial charge on any atom is -0.423 e. The first-order valence-electron chi connectivity index (χ1n) is 7.58. The molecule has 0 atom stereocenters. The molecule has 1 N–H and O–H groups in total. The Hall–Kier alpha value is -3.04. The second-order valence-electron chi connectivity index (χ2n) is 5.59. The lowest BCUT2D eigenvalue weighted by molar-refractivity contribution is 0.102. The summed E-state index contributed by atoms with van der Waals surface area (Å²) >= 11 is 0. The monoisotopic (exact) mass is 372 g/mol. The van der Waals surface area contributed by atoms with Crippen LogP contribution in [0.4, 0.5) is 5.69 Å². The fraction of sp³-hybridized carbons (Fsp3) is 0.118. The molecule has 0 fully saturated rings. The summed E-state index contributed by atoms with van der Waals surface area (Å²) in [5.74, 6) is -0.0938. The number of carbonyl (C=O) groups is 1. The van der Waals surface area contributed by atoms with Crippen molar-refractivity contribution in [2.24, 2.45) is 0 Å². The summed E-state index contributed by atoms with van der Waals surface area (Å²) in [5.41, 5.74) is 1.41. The second kappa shape index (κ2) is 7.06. The van der Waals surface area contributed by atoms with Crippen molar-refractivity contribution in [3.05, 3.63) is 60.5 Å². The van der Waals surface area contributed by atoms with Crippen molar-refractivity contribution in [3.8, 4) is 11.5 Å². The van der Waals surface area contributed by atoms with Gasteiger partial charge >= 0.3 is 0 Å². The van der Waals surface area contributed by atoms with E-state index in [0.717, 1.165) is 4.31 Å². The third-order valence-corrected chi connectivity index (χ3v) is 5.41. The summed E-state index contributed by atoms with van der Waals surface area (Å²) in [5, 5.41) is 10.2. The lowest BCUT2D eigenvalue weighted by Crippen LogP contribution is -2.22. The van der Waals surface area contributed by atoms with Crippen molar-refractivity contribution in [2.45, 2.75) is 4.90 Å². The molecule has 0 aliphatic carbocycles. The normalized spacial score (nSPS) is 11.5. The van der Waals surface area contributed by atoms with Gasteiger partial charge in [0.25, 0.3) is 5.91 Å². The SMILES string of the molecule is CN(C)S(=O)(=O)c1cccc(C(=O)Nc2cccc(-c3nnco3)c2)c1. The summed E-state index contributed by atoms with van der Waals surface area (Å²) in [4.78, 5) is 12.5. The Labute approximate surface area is 150 Å². The molecule has 3 rings (SSSR count). The Morgan fingerprint density at radius 3 is 2.58 bits per heavy atom. The van der Waals surface area contributed by atoms with Gasteiger partial charge in [0.2, 0.25) is 22.3 Å². The van der Waals surface area contributed by atoms with Crippen LogP contribution in [0.1, 0.15) is 10.4 Å². The van der Waals surface area contributed by atoms with Gasteiger partial charge in [-0.15, -0.1) is 10.2 Å². The van der Waals surface area contributed by atoms with E-state index in [4.69, 9.17) is 4.42 Å². The Bertz CT molecular complexity index is 1030. The van der Waals surface area contributed by atoms with Crippen LogP contribution in [-0.4, -0.2) is 42.9 Å². The van der Waals surface area contributed by atoms with Crippen molar-refractivity contribution in [2.75, 3.05) is 19.4 Å². The summed E-state index contributed by atoms with van der Waals surface area (Å²) < 4.78 is 30.7. The number of aromatic nitrogens is 2.